The maximum Gasteiger partial charge on any atom is 0.203 e. The molecule has 1 radical (unpaired) electrons. The van der Waals surface area contributed by atoms with E-state index in [2.05, 4.69) is 0 Å². The number of halogens is 1. The van der Waals surface area contributed by atoms with Gasteiger partial charge < -0.3 is 4.74 Å². The summed E-state index contributed by atoms with van der Waals surface area (Å²) in [6, 6.07) is 4.15. The van der Waals surface area contributed by atoms with Gasteiger partial charge in [-0.3, -0.25) is 4.79 Å². The Morgan fingerprint density at radius 2 is 2.25 bits per heavy atom. The van der Waals surface area contributed by atoms with E-state index in [1.807, 2.05) is 0 Å². The lowest BCUT2D eigenvalue weighted by Crippen LogP contribution is -1.90. The number of ether oxygens (including phenoxy) is 1. The molecule has 0 amide bonds. The zero-order valence-electron chi connectivity index (χ0n) is 6.63. The van der Waals surface area contributed by atoms with Gasteiger partial charge in [0.1, 0.15) is 11.6 Å². The van der Waals surface area contributed by atoms with Gasteiger partial charge in [-0.1, -0.05) is 0 Å². The molecule has 0 atom stereocenters. The molecular weight excluding hydrogens is 159 g/mol. The Labute approximate surface area is 70.0 Å². The number of carbonyl (C=O) groups excluding carboxylic acids is 1. The van der Waals surface area contributed by atoms with Gasteiger partial charge in [0.15, 0.2) is 0 Å². The average molecular weight is 167 g/mol. The Kier molecular flexibility index (Phi) is 2.80. The number of methoxy groups -OCH3 is 1. The Morgan fingerprint density at radius 3 is 2.83 bits per heavy atom. The van der Waals surface area contributed by atoms with Gasteiger partial charge in [0.25, 0.3) is 0 Å². The van der Waals surface area contributed by atoms with Crippen LogP contribution in [0, 0.1) is 5.82 Å². The van der Waals surface area contributed by atoms with E-state index >= 15 is 0 Å². The van der Waals surface area contributed by atoms with Crippen molar-refractivity contribution in [2.24, 2.45) is 0 Å². The van der Waals surface area contributed by atoms with Crippen molar-refractivity contribution in [2.75, 3.05) is 7.11 Å². The molecule has 0 bridgehead atoms. The van der Waals surface area contributed by atoms with Crippen molar-refractivity contribution in [3.05, 3.63) is 29.6 Å². The Bertz CT molecular complexity index is 284. The van der Waals surface area contributed by atoms with Gasteiger partial charge in [-0.2, -0.15) is 0 Å². The molecule has 0 aliphatic carbocycles. The van der Waals surface area contributed by atoms with Crippen LogP contribution in [-0.4, -0.2) is 13.4 Å². The summed E-state index contributed by atoms with van der Waals surface area (Å²) < 4.78 is 17.5. The summed E-state index contributed by atoms with van der Waals surface area (Å²) in [5, 5.41) is 0. The van der Waals surface area contributed by atoms with Crippen molar-refractivity contribution in [2.45, 2.75) is 6.42 Å². The zero-order valence-corrected chi connectivity index (χ0v) is 6.63. The lowest BCUT2D eigenvalue weighted by atomic mass is 10.1. The zero-order chi connectivity index (χ0) is 8.97. The van der Waals surface area contributed by atoms with Crippen LogP contribution in [0.3, 0.4) is 0 Å². The van der Waals surface area contributed by atoms with E-state index < -0.39 is 5.82 Å². The van der Waals surface area contributed by atoms with Crippen molar-refractivity contribution in [1.29, 1.82) is 0 Å². The summed E-state index contributed by atoms with van der Waals surface area (Å²) in [4.78, 5) is 10.00. The van der Waals surface area contributed by atoms with E-state index in [1.165, 1.54) is 19.2 Å². The molecule has 0 unspecified atom stereocenters. The van der Waals surface area contributed by atoms with Gasteiger partial charge in [-0.25, -0.2) is 4.39 Å². The van der Waals surface area contributed by atoms with Crippen LogP contribution in [-0.2, 0) is 11.2 Å². The highest BCUT2D eigenvalue weighted by atomic mass is 19.1. The van der Waals surface area contributed by atoms with Gasteiger partial charge in [0.05, 0.1) is 7.11 Å². The molecule has 0 saturated carbocycles. The second-order valence-electron chi connectivity index (χ2n) is 2.32. The number of rotatable bonds is 3. The van der Waals surface area contributed by atoms with Crippen LogP contribution in [0.2, 0.25) is 0 Å². The molecule has 2 nitrogen and oxygen atoms in total. The minimum atomic E-state index is -0.403. The molecule has 0 aliphatic heterocycles. The smallest absolute Gasteiger partial charge is 0.203 e. The fraction of sp³-hybridized carbons (Fsp3) is 0.222. The molecule has 1 aromatic rings. The van der Waals surface area contributed by atoms with E-state index in [9.17, 15) is 9.18 Å². The first-order chi connectivity index (χ1) is 5.76. The van der Waals surface area contributed by atoms with Gasteiger partial charge in [0, 0.05) is 12.5 Å². The van der Waals surface area contributed by atoms with Crippen LogP contribution in [0.15, 0.2) is 18.2 Å². The van der Waals surface area contributed by atoms with Crippen LogP contribution in [0.1, 0.15) is 5.56 Å². The summed E-state index contributed by atoms with van der Waals surface area (Å²) >= 11 is 0. The third-order valence-corrected chi connectivity index (χ3v) is 1.44. The van der Waals surface area contributed by atoms with Gasteiger partial charge in [0.2, 0.25) is 6.29 Å². The average Bonchev–Trinajstić information content (AvgIpc) is 2.04. The fourth-order valence-corrected chi connectivity index (χ4v) is 0.924. The molecule has 0 N–H and O–H groups in total. The number of hydrogen-bond acceptors (Lipinski definition) is 2. The van der Waals surface area contributed by atoms with Gasteiger partial charge in [-0.15, -0.1) is 0 Å². The van der Waals surface area contributed by atoms with Crippen LogP contribution in [0.5, 0.6) is 5.75 Å². The van der Waals surface area contributed by atoms with Crippen LogP contribution in [0.25, 0.3) is 0 Å². The molecule has 0 spiro atoms. The predicted octanol–water partition coefficient (Wildman–Crippen LogP) is 1.49. The first-order valence-corrected chi connectivity index (χ1v) is 3.44. The van der Waals surface area contributed by atoms with Crippen molar-refractivity contribution in [3.8, 4) is 5.75 Å². The minimum Gasteiger partial charge on any atom is -0.497 e. The minimum absolute atomic E-state index is 0.0914. The third-order valence-electron chi connectivity index (χ3n) is 1.44. The van der Waals surface area contributed by atoms with Crippen LogP contribution >= 0.6 is 0 Å². The lowest BCUT2D eigenvalue weighted by molar-refractivity contribution is 0.411. The third kappa shape index (κ3) is 2.05. The summed E-state index contributed by atoms with van der Waals surface area (Å²) in [7, 11) is 1.45. The maximum absolute atomic E-state index is 12.7. The highest BCUT2D eigenvalue weighted by Gasteiger charge is 1.99. The summed E-state index contributed by atoms with van der Waals surface area (Å²) in [5.74, 6) is 0.0138. The highest BCUT2D eigenvalue weighted by Crippen LogP contribution is 2.15. The molecule has 1 rings (SSSR count). The van der Waals surface area contributed by atoms with Gasteiger partial charge in [-0.05, 0) is 17.7 Å². The largest absolute Gasteiger partial charge is 0.497 e. The first kappa shape index (κ1) is 8.71. The van der Waals surface area contributed by atoms with Crippen molar-refractivity contribution in [1.82, 2.24) is 0 Å². The second kappa shape index (κ2) is 3.85. The molecule has 63 valence electrons. The quantitative estimate of drug-likeness (QED) is 0.681. The summed E-state index contributed by atoms with van der Waals surface area (Å²) in [6.07, 6.45) is 1.78. The van der Waals surface area contributed by atoms with E-state index in [-0.39, 0.29) is 6.42 Å². The SMILES string of the molecule is COc1cc(F)cc(C[C]=O)c1. The van der Waals surface area contributed by atoms with E-state index in [4.69, 9.17) is 4.74 Å². The standard InChI is InChI=1S/C9H8FO2/c1-12-9-5-7(2-3-11)4-8(10)6-9/h4-6H,2H2,1H3. The van der Waals surface area contributed by atoms with E-state index in [1.54, 1.807) is 12.4 Å². The molecule has 0 fully saturated rings. The first-order valence-electron chi connectivity index (χ1n) is 3.44. The Balaban J connectivity index is 2.97. The number of benzene rings is 1. The van der Waals surface area contributed by atoms with E-state index in [0.29, 0.717) is 11.3 Å². The monoisotopic (exact) mass is 167 g/mol. The van der Waals surface area contributed by atoms with Crippen molar-refractivity contribution < 1.29 is 13.9 Å². The molecule has 3 heteroatoms. The molecule has 0 saturated heterocycles. The fourth-order valence-electron chi connectivity index (χ4n) is 0.924. The van der Waals surface area contributed by atoms with Crippen LogP contribution < -0.4 is 4.74 Å². The molecular formula is C9H8FO2. The molecule has 0 heterocycles. The van der Waals surface area contributed by atoms with Crippen LogP contribution in [0.4, 0.5) is 4.39 Å². The second-order valence-corrected chi connectivity index (χ2v) is 2.32. The van der Waals surface area contributed by atoms with Crippen molar-refractivity contribution >= 4 is 6.29 Å². The summed E-state index contributed by atoms with van der Waals surface area (Å²) in [5.41, 5.74) is 0.571. The summed E-state index contributed by atoms with van der Waals surface area (Å²) in [6.45, 7) is 0. The van der Waals surface area contributed by atoms with E-state index in [0.717, 1.165) is 0 Å². The lowest BCUT2D eigenvalue weighted by Gasteiger charge is -2.01. The molecule has 0 aliphatic rings. The molecule has 1 aromatic carbocycles. The Morgan fingerprint density at radius 1 is 1.50 bits per heavy atom. The van der Waals surface area contributed by atoms with Crippen molar-refractivity contribution in [3.63, 3.8) is 0 Å². The number of hydrogen-bond donors (Lipinski definition) is 0. The Hall–Kier alpha value is -1.38. The normalized spacial score (nSPS) is 9.50. The molecule has 0 aromatic heterocycles. The topological polar surface area (TPSA) is 26.3 Å². The predicted molar refractivity (Wildman–Crippen MR) is 42.3 cm³/mol. The maximum atomic E-state index is 12.7. The highest BCUT2D eigenvalue weighted by molar-refractivity contribution is 5.56. The van der Waals surface area contributed by atoms with Gasteiger partial charge >= 0.3 is 0 Å². The molecule has 12 heavy (non-hydrogen) atoms.